The third-order valence-corrected chi connectivity index (χ3v) is 4.44. The minimum absolute atomic E-state index is 0.107. The second-order valence-corrected chi connectivity index (χ2v) is 6.86. The van der Waals surface area contributed by atoms with Gasteiger partial charge in [-0.05, 0) is 6.92 Å². The fourth-order valence-corrected chi connectivity index (χ4v) is 2.66. The van der Waals surface area contributed by atoms with Crippen LogP contribution in [0, 0.1) is 0 Å². The van der Waals surface area contributed by atoms with Crippen LogP contribution in [0.15, 0.2) is 0 Å². The topological polar surface area (TPSA) is 60.9 Å². The summed E-state index contributed by atoms with van der Waals surface area (Å²) in [4.78, 5) is 3.70. The highest BCUT2D eigenvalue weighted by Gasteiger charge is 2.45. The number of hydrogen-bond donors (Lipinski definition) is 1. The molecule has 0 amide bonds. The Kier molecular flexibility index (Phi) is 5.60. The van der Waals surface area contributed by atoms with Crippen LogP contribution in [0.1, 0.15) is 6.92 Å². The van der Waals surface area contributed by atoms with E-state index >= 15 is 0 Å². The summed E-state index contributed by atoms with van der Waals surface area (Å²) in [6, 6.07) is 0. The summed E-state index contributed by atoms with van der Waals surface area (Å²) in [5, 5.41) is 9.21. The van der Waals surface area contributed by atoms with E-state index in [0.717, 1.165) is 0 Å². The predicted octanol–water partition coefficient (Wildman–Crippen LogP) is -0.0806. The number of aliphatic hydroxyl groups excluding tert-OH is 1. The first kappa shape index (κ1) is 16.7. The molecule has 0 spiro atoms. The lowest BCUT2D eigenvalue weighted by Gasteiger charge is -2.35. The van der Waals surface area contributed by atoms with Gasteiger partial charge in [-0.2, -0.15) is 13.2 Å². The Labute approximate surface area is 110 Å². The number of β-amino-alcohol motifs (C(OH)–C–C–N with tert-alkyl or cyclic N) is 1. The van der Waals surface area contributed by atoms with Crippen LogP contribution in [-0.2, 0) is 9.84 Å². The lowest BCUT2D eigenvalue weighted by Crippen LogP contribution is -2.49. The number of rotatable bonds is 5. The number of nitrogens with zero attached hydrogens (tertiary/aromatic N) is 2. The lowest BCUT2D eigenvalue weighted by atomic mass is 10.3. The molecule has 1 heterocycles. The molecule has 1 aliphatic heterocycles. The van der Waals surface area contributed by atoms with E-state index in [4.69, 9.17) is 0 Å². The van der Waals surface area contributed by atoms with Crippen molar-refractivity contribution in [2.75, 3.05) is 45.0 Å². The second-order valence-electron chi connectivity index (χ2n) is 4.76. The Morgan fingerprint density at radius 2 is 1.63 bits per heavy atom. The zero-order valence-electron chi connectivity index (χ0n) is 10.7. The van der Waals surface area contributed by atoms with Crippen molar-refractivity contribution in [2.45, 2.75) is 18.5 Å². The number of hydrogen-bond acceptors (Lipinski definition) is 5. The van der Waals surface area contributed by atoms with Gasteiger partial charge in [-0.25, -0.2) is 8.42 Å². The average Bonchev–Trinajstić information content (AvgIpc) is 2.26. The fourth-order valence-electron chi connectivity index (χ4n) is 1.93. The van der Waals surface area contributed by atoms with Crippen molar-refractivity contribution in [1.29, 1.82) is 0 Å². The van der Waals surface area contributed by atoms with Gasteiger partial charge in [-0.1, -0.05) is 0 Å². The summed E-state index contributed by atoms with van der Waals surface area (Å²) in [5.74, 6) is -0.896. The Bertz CT molecular complexity index is 376. The van der Waals surface area contributed by atoms with E-state index in [-0.39, 0.29) is 6.54 Å². The van der Waals surface area contributed by atoms with E-state index in [9.17, 15) is 26.7 Å². The molecule has 9 heteroatoms. The summed E-state index contributed by atoms with van der Waals surface area (Å²) in [5.41, 5.74) is -5.17. The number of halogens is 3. The SMILES string of the molecule is CC(O)CN1CCN(CCS(=O)(=O)C(F)(F)F)CC1. The van der Waals surface area contributed by atoms with E-state index in [1.807, 2.05) is 4.90 Å². The third kappa shape index (κ3) is 5.25. The molecule has 0 radical (unpaired) electrons. The maximum absolute atomic E-state index is 12.2. The second kappa shape index (κ2) is 6.38. The molecule has 1 saturated heterocycles. The highest BCUT2D eigenvalue weighted by atomic mass is 32.2. The summed E-state index contributed by atoms with van der Waals surface area (Å²) >= 11 is 0. The first-order valence-electron chi connectivity index (χ1n) is 6.03. The van der Waals surface area contributed by atoms with Crippen molar-refractivity contribution in [2.24, 2.45) is 0 Å². The molecule has 0 saturated carbocycles. The summed E-state index contributed by atoms with van der Waals surface area (Å²) in [7, 11) is -5.02. The molecule has 1 atom stereocenters. The minimum atomic E-state index is -5.17. The van der Waals surface area contributed by atoms with Crippen LogP contribution in [0.5, 0.6) is 0 Å². The van der Waals surface area contributed by atoms with Crippen molar-refractivity contribution in [3.05, 3.63) is 0 Å². The zero-order valence-corrected chi connectivity index (χ0v) is 11.5. The van der Waals surface area contributed by atoms with Crippen LogP contribution in [0.4, 0.5) is 13.2 Å². The smallest absolute Gasteiger partial charge is 0.392 e. The number of piperazine rings is 1. The van der Waals surface area contributed by atoms with Crippen molar-refractivity contribution in [3.8, 4) is 0 Å². The van der Waals surface area contributed by atoms with Gasteiger partial charge in [0, 0.05) is 39.3 Å². The van der Waals surface area contributed by atoms with Gasteiger partial charge < -0.3 is 5.11 Å². The monoisotopic (exact) mass is 304 g/mol. The molecule has 1 unspecified atom stereocenters. The Balaban J connectivity index is 2.35. The molecule has 0 aromatic carbocycles. The lowest BCUT2D eigenvalue weighted by molar-refractivity contribution is -0.0437. The number of aliphatic hydroxyl groups is 1. The normalized spacial score (nSPS) is 21.5. The molecule has 1 N–H and O–H groups in total. The maximum Gasteiger partial charge on any atom is 0.497 e. The quantitative estimate of drug-likeness (QED) is 0.770. The number of sulfone groups is 1. The van der Waals surface area contributed by atoms with Crippen LogP contribution >= 0.6 is 0 Å². The van der Waals surface area contributed by atoms with Gasteiger partial charge in [0.1, 0.15) is 0 Å². The molecule has 0 bridgehead atoms. The van der Waals surface area contributed by atoms with Crippen LogP contribution in [0.3, 0.4) is 0 Å². The van der Waals surface area contributed by atoms with Crippen molar-refractivity contribution in [1.82, 2.24) is 9.80 Å². The summed E-state index contributed by atoms with van der Waals surface area (Å²) in [6.45, 7) is 4.36. The third-order valence-electron chi connectivity index (χ3n) is 3.02. The molecule has 1 rings (SSSR count). The van der Waals surface area contributed by atoms with E-state index < -0.39 is 27.2 Å². The van der Waals surface area contributed by atoms with Gasteiger partial charge >= 0.3 is 5.51 Å². The highest BCUT2D eigenvalue weighted by molar-refractivity contribution is 7.92. The molecule has 114 valence electrons. The van der Waals surface area contributed by atoms with E-state index in [1.54, 1.807) is 11.8 Å². The largest absolute Gasteiger partial charge is 0.497 e. The van der Waals surface area contributed by atoms with Crippen molar-refractivity contribution < 1.29 is 26.7 Å². The van der Waals surface area contributed by atoms with E-state index in [1.165, 1.54) is 0 Å². The molecule has 19 heavy (non-hydrogen) atoms. The molecule has 0 aliphatic carbocycles. The van der Waals surface area contributed by atoms with E-state index in [2.05, 4.69) is 0 Å². The fraction of sp³-hybridized carbons (Fsp3) is 1.00. The van der Waals surface area contributed by atoms with Crippen LogP contribution in [0.2, 0.25) is 0 Å². The van der Waals surface area contributed by atoms with Crippen molar-refractivity contribution >= 4 is 9.84 Å². The molecule has 0 aromatic rings. The molecular weight excluding hydrogens is 285 g/mol. The maximum atomic E-state index is 12.2. The molecule has 1 aliphatic rings. The zero-order chi connectivity index (χ0) is 14.7. The standard InChI is InChI=1S/C10H19F3N2O3S/c1-9(16)8-15-4-2-14(3-5-15)6-7-19(17,18)10(11,12)13/h9,16H,2-8H2,1H3. The molecule has 1 fully saturated rings. The van der Waals surface area contributed by atoms with Gasteiger partial charge in [0.05, 0.1) is 11.9 Å². The molecule has 5 nitrogen and oxygen atoms in total. The molecule has 0 aromatic heterocycles. The average molecular weight is 304 g/mol. The Hall–Kier alpha value is -0.380. The number of alkyl halides is 3. The Morgan fingerprint density at radius 1 is 1.16 bits per heavy atom. The van der Waals surface area contributed by atoms with Gasteiger partial charge in [0.2, 0.25) is 9.84 Å². The summed E-state index contributed by atoms with van der Waals surface area (Å²) < 4.78 is 58.3. The molecular formula is C10H19F3N2O3S. The minimum Gasteiger partial charge on any atom is -0.392 e. The first-order valence-corrected chi connectivity index (χ1v) is 7.69. The van der Waals surface area contributed by atoms with E-state index in [0.29, 0.717) is 32.7 Å². The van der Waals surface area contributed by atoms with Crippen molar-refractivity contribution in [3.63, 3.8) is 0 Å². The first-order chi connectivity index (χ1) is 8.62. The van der Waals surface area contributed by atoms with Gasteiger partial charge in [-0.3, -0.25) is 9.80 Å². The highest BCUT2D eigenvalue weighted by Crippen LogP contribution is 2.23. The summed E-state index contributed by atoms with van der Waals surface area (Å²) in [6.07, 6.45) is -0.447. The van der Waals surface area contributed by atoms with Crippen LogP contribution in [-0.4, -0.2) is 80.0 Å². The van der Waals surface area contributed by atoms with Gasteiger partial charge in [0.15, 0.2) is 0 Å². The Morgan fingerprint density at radius 3 is 2.05 bits per heavy atom. The van der Waals surface area contributed by atoms with Crippen LogP contribution in [0.25, 0.3) is 0 Å². The van der Waals surface area contributed by atoms with Gasteiger partial charge in [0.25, 0.3) is 0 Å². The predicted molar refractivity (Wildman–Crippen MR) is 64.4 cm³/mol. The van der Waals surface area contributed by atoms with Gasteiger partial charge in [-0.15, -0.1) is 0 Å². The van der Waals surface area contributed by atoms with Crippen LogP contribution < -0.4 is 0 Å².